The van der Waals surface area contributed by atoms with E-state index in [0.29, 0.717) is 5.28 Å². The summed E-state index contributed by atoms with van der Waals surface area (Å²) in [6, 6.07) is 2.09. The van der Waals surface area contributed by atoms with Crippen LogP contribution in [0.25, 0.3) is 10.2 Å². The van der Waals surface area contributed by atoms with E-state index in [1.807, 2.05) is 19.0 Å². The number of thiophene rings is 1. The topological polar surface area (TPSA) is 29.0 Å². The third-order valence-corrected chi connectivity index (χ3v) is 3.01. The quantitative estimate of drug-likeness (QED) is 0.702. The van der Waals surface area contributed by atoms with Crippen molar-refractivity contribution in [2.24, 2.45) is 0 Å². The lowest BCUT2D eigenvalue weighted by atomic mass is 10.3. The molecule has 0 aliphatic carbocycles. The first-order chi connectivity index (χ1) is 6.58. The molecule has 2 aromatic heterocycles. The van der Waals surface area contributed by atoms with Gasteiger partial charge < -0.3 is 4.90 Å². The van der Waals surface area contributed by atoms with Gasteiger partial charge >= 0.3 is 0 Å². The number of nitrogens with zero attached hydrogens (tertiary/aromatic N) is 3. The molecule has 3 nitrogen and oxygen atoms in total. The van der Waals surface area contributed by atoms with E-state index in [-0.39, 0.29) is 0 Å². The van der Waals surface area contributed by atoms with Crippen molar-refractivity contribution in [3.05, 3.63) is 16.2 Å². The van der Waals surface area contributed by atoms with Crippen LogP contribution in [0.5, 0.6) is 0 Å². The van der Waals surface area contributed by atoms with Crippen molar-refractivity contribution in [3.8, 4) is 0 Å². The molecule has 0 unspecified atom stereocenters. The molecule has 0 radical (unpaired) electrons. The SMILES string of the molecule is Cc1cc2c(N(C)C)nc(Cl)nc2s1. The zero-order valence-electron chi connectivity index (χ0n) is 8.21. The Bertz CT molecular complexity index is 478. The molecule has 5 heteroatoms. The minimum absolute atomic E-state index is 0.308. The molecule has 0 aliphatic rings. The second-order valence-corrected chi connectivity index (χ2v) is 4.86. The van der Waals surface area contributed by atoms with Gasteiger partial charge in [-0.1, -0.05) is 0 Å². The fourth-order valence-electron chi connectivity index (χ4n) is 1.34. The third kappa shape index (κ3) is 1.55. The van der Waals surface area contributed by atoms with Crippen molar-refractivity contribution >= 4 is 39.0 Å². The summed E-state index contributed by atoms with van der Waals surface area (Å²) in [5.74, 6) is 0.879. The number of rotatable bonds is 1. The first-order valence-electron chi connectivity index (χ1n) is 4.19. The molecule has 0 spiro atoms. The van der Waals surface area contributed by atoms with Crippen LogP contribution in [-0.4, -0.2) is 24.1 Å². The first kappa shape index (κ1) is 9.68. The molecular weight excluding hydrogens is 218 g/mol. The highest BCUT2D eigenvalue weighted by Gasteiger charge is 2.10. The Kier molecular flexibility index (Phi) is 2.33. The van der Waals surface area contributed by atoms with E-state index < -0.39 is 0 Å². The summed E-state index contributed by atoms with van der Waals surface area (Å²) in [6.45, 7) is 2.06. The molecule has 0 bridgehead atoms. The number of aryl methyl sites for hydroxylation is 1. The molecule has 2 aromatic rings. The lowest BCUT2D eigenvalue weighted by Crippen LogP contribution is -2.11. The summed E-state index contributed by atoms with van der Waals surface area (Å²) in [5.41, 5.74) is 0. The smallest absolute Gasteiger partial charge is 0.225 e. The van der Waals surface area contributed by atoms with Crippen molar-refractivity contribution < 1.29 is 0 Å². The normalized spacial score (nSPS) is 10.9. The Hall–Kier alpha value is -0.870. The van der Waals surface area contributed by atoms with Gasteiger partial charge in [-0.15, -0.1) is 11.3 Å². The van der Waals surface area contributed by atoms with Gasteiger partial charge in [0.2, 0.25) is 5.28 Å². The van der Waals surface area contributed by atoms with E-state index in [2.05, 4.69) is 23.0 Å². The van der Waals surface area contributed by atoms with Crippen LogP contribution in [-0.2, 0) is 0 Å². The predicted octanol–water partition coefficient (Wildman–Crippen LogP) is 2.72. The van der Waals surface area contributed by atoms with E-state index >= 15 is 0 Å². The molecule has 0 aliphatic heterocycles. The maximum absolute atomic E-state index is 5.83. The number of halogens is 1. The van der Waals surface area contributed by atoms with E-state index in [1.54, 1.807) is 11.3 Å². The van der Waals surface area contributed by atoms with Gasteiger partial charge in [0.1, 0.15) is 10.6 Å². The van der Waals surface area contributed by atoms with Gasteiger partial charge in [-0.3, -0.25) is 0 Å². The van der Waals surface area contributed by atoms with Crippen LogP contribution in [0.2, 0.25) is 5.28 Å². The Morgan fingerprint density at radius 2 is 2.07 bits per heavy atom. The van der Waals surface area contributed by atoms with Crippen molar-refractivity contribution in [3.63, 3.8) is 0 Å². The van der Waals surface area contributed by atoms with Gasteiger partial charge in [0.25, 0.3) is 0 Å². The van der Waals surface area contributed by atoms with Crippen LogP contribution in [0.4, 0.5) is 5.82 Å². The van der Waals surface area contributed by atoms with Gasteiger partial charge in [-0.25, -0.2) is 4.98 Å². The fourth-order valence-corrected chi connectivity index (χ4v) is 2.43. The summed E-state index contributed by atoms with van der Waals surface area (Å²) in [5, 5.41) is 1.38. The van der Waals surface area contributed by atoms with Crippen molar-refractivity contribution in [2.75, 3.05) is 19.0 Å². The highest BCUT2D eigenvalue weighted by molar-refractivity contribution is 7.18. The fraction of sp³-hybridized carbons (Fsp3) is 0.333. The second kappa shape index (κ2) is 3.37. The Balaban J connectivity index is 2.79. The predicted molar refractivity (Wildman–Crippen MR) is 61.5 cm³/mol. The monoisotopic (exact) mass is 227 g/mol. The van der Waals surface area contributed by atoms with Crippen molar-refractivity contribution in [1.82, 2.24) is 9.97 Å². The van der Waals surface area contributed by atoms with Crippen LogP contribution in [0.15, 0.2) is 6.07 Å². The number of anilines is 1. The van der Waals surface area contributed by atoms with Gasteiger partial charge in [0.15, 0.2) is 0 Å². The van der Waals surface area contributed by atoms with E-state index in [1.165, 1.54) is 4.88 Å². The van der Waals surface area contributed by atoms with Gasteiger partial charge in [0.05, 0.1) is 5.39 Å². The summed E-state index contributed by atoms with van der Waals surface area (Å²) < 4.78 is 0. The molecule has 0 atom stereocenters. The minimum atomic E-state index is 0.308. The Morgan fingerprint density at radius 3 is 2.71 bits per heavy atom. The van der Waals surface area contributed by atoms with Crippen molar-refractivity contribution in [2.45, 2.75) is 6.92 Å². The maximum atomic E-state index is 5.83. The van der Waals surface area contributed by atoms with E-state index in [0.717, 1.165) is 16.0 Å². The number of aromatic nitrogens is 2. The Morgan fingerprint density at radius 1 is 1.36 bits per heavy atom. The standard InChI is InChI=1S/C9H10ClN3S/c1-5-4-6-7(13(2)3)11-9(10)12-8(6)14-5/h4H,1-3H3. The van der Waals surface area contributed by atoms with Crippen LogP contribution in [0, 0.1) is 6.92 Å². The number of fused-ring (bicyclic) bond motifs is 1. The highest BCUT2D eigenvalue weighted by atomic mass is 35.5. The largest absolute Gasteiger partial charge is 0.362 e. The van der Waals surface area contributed by atoms with E-state index in [9.17, 15) is 0 Å². The summed E-state index contributed by atoms with van der Waals surface area (Å²) in [6.07, 6.45) is 0. The molecular formula is C9H10ClN3S. The summed E-state index contributed by atoms with van der Waals surface area (Å²) >= 11 is 7.47. The summed E-state index contributed by atoms with van der Waals surface area (Å²) in [4.78, 5) is 12.5. The van der Waals surface area contributed by atoms with Crippen LogP contribution in [0.3, 0.4) is 0 Å². The Labute approximate surface area is 91.4 Å². The van der Waals surface area contributed by atoms with Crippen LogP contribution < -0.4 is 4.90 Å². The molecule has 0 saturated heterocycles. The van der Waals surface area contributed by atoms with Gasteiger partial charge in [-0.2, -0.15) is 4.98 Å². The number of hydrogen-bond acceptors (Lipinski definition) is 4. The average molecular weight is 228 g/mol. The molecule has 2 heterocycles. The van der Waals surface area contributed by atoms with Crippen LogP contribution in [0.1, 0.15) is 4.88 Å². The molecule has 0 fully saturated rings. The van der Waals surface area contributed by atoms with Crippen molar-refractivity contribution in [1.29, 1.82) is 0 Å². The molecule has 74 valence electrons. The van der Waals surface area contributed by atoms with Crippen LogP contribution >= 0.6 is 22.9 Å². The lowest BCUT2D eigenvalue weighted by molar-refractivity contribution is 1.06. The molecule has 0 N–H and O–H groups in total. The third-order valence-electron chi connectivity index (χ3n) is 1.89. The lowest BCUT2D eigenvalue weighted by Gasteiger charge is -2.11. The molecule has 2 rings (SSSR count). The zero-order chi connectivity index (χ0) is 10.3. The molecule has 0 amide bonds. The van der Waals surface area contributed by atoms with Gasteiger partial charge in [-0.05, 0) is 24.6 Å². The molecule has 0 aromatic carbocycles. The average Bonchev–Trinajstić information content (AvgIpc) is 2.42. The minimum Gasteiger partial charge on any atom is -0.362 e. The van der Waals surface area contributed by atoms with Gasteiger partial charge in [0, 0.05) is 19.0 Å². The van der Waals surface area contributed by atoms with E-state index in [4.69, 9.17) is 11.6 Å². The zero-order valence-corrected chi connectivity index (χ0v) is 9.78. The number of hydrogen-bond donors (Lipinski definition) is 0. The highest BCUT2D eigenvalue weighted by Crippen LogP contribution is 2.30. The first-order valence-corrected chi connectivity index (χ1v) is 5.38. The summed E-state index contributed by atoms with van der Waals surface area (Å²) in [7, 11) is 3.90. The second-order valence-electron chi connectivity index (χ2n) is 3.29. The maximum Gasteiger partial charge on any atom is 0.225 e. The molecule has 0 saturated carbocycles. The molecule has 14 heavy (non-hydrogen) atoms.